The third-order valence-electron chi connectivity index (χ3n) is 6.09. The van der Waals surface area contributed by atoms with E-state index < -0.39 is 18.1 Å². The maximum absolute atomic E-state index is 12.6. The van der Waals surface area contributed by atoms with Crippen LogP contribution in [0.2, 0.25) is 0 Å². The van der Waals surface area contributed by atoms with Gasteiger partial charge in [0.15, 0.2) is 0 Å². The van der Waals surface area contributed by atoms with Crippen LogP contribution >= 0.6 is 15.9 Å². The van der Waals surface area contributed by atoms with Crippen molar-refractivity contribution in [2.75, 3.05) is 6.61 Å². The van der Waals surface area contributed by atoms with Crippen molar-refractivity contribution < 1.29 is 19.4 Å². The van der Waals surface area contributed by atoms with Gasteiger partial charge in [0.1, 0.15) is 12.6 Å². The molecule has 1 atom stereocenters. The van der Waals surface area contributed by atoms with Crippen LogP contribution in [0.5, 0.6) is 0 Å². The average molecular weight is 505 g/mol. The molecule has 0 unspecified atom stereocenters. The molecule has 3 N–H and O–H groups in total. The number of alkyl carbamates (subject to hydrolysis) is 1. The van der Waals surface area contributed by atoms with Gasteiger partial charge in [-0.05, 0) is 39.9 Å². The zero-order chi connectivity index (χ0) is 22.9. The van der Waals surface area contributed by atoms with Gasteiger partial charge in [-0.2, -0.15) is 0 Å². The number of benzene rings is 3. The zero-order valence-electron chi connectivity index (χ0n) is 17.5. The number of amides is 1. The summed E-state index contributed by atoms with van der Waals surface area (Å²) in [7, 11) is 0. The number of carboxylic acid groups (broad SMARTS) is 1. The van der Waals surface area contributed by atoms with Gasteiger partial charge in [-0.25, -0.2) is 9.59 Å². The molecule has 3 aromatic carbocycles. The van der Waals surface area contributed by atoms with Gasteiger partial charge in [-0.1, -0.05) is 70.5 Å². The molecule has 1 aliphatic rings. The van der Waals surface area contributed by atoms with E-state index in [1.54, 1.807) is 6.20 Å². The van der Waals surface area contributed by atoms with Crippen LogP contribution in [0.25, 0.3) is 22.0 Å². The van der Waals surface area contributed by atoms with Gasteiger partial charge >= 0.3 is 12.1 Å². The second-order valence-corrected chi connectivity index (χ2v) is 8.98. The maximum Gasteiger partial charge on any atom is 0.407 e. The lowest BCUT2D eigenvalue weighted by atomic mass is 9.98. The number of halogens is 1. The van der Waals surface area contributed by atoms with Gasteiger partial charge in [0, 0.05) is 33.9 Å². The maximum atomic E-state index is 12.6. The zero-order valence-corrected chi connectivity index (χ0v) is 19.1. The molecule has 166 valence electrons. The number of carboxylic acids is 1. The highest BCUT2D eigenvalue weighted by Gasteiger charge is 2.30. The minimum atomic E-state index is -1.12. The molecular weight excluding hydrogens is 484 g/mol. The van der Waals surface area contributed by atoms with Gasteiger partial charge in [-0.15, -0.1) is 0 Å². The first-order chi connectivity index (χ1) is 16.0. The predicted octanol–water partition coefficient (Wildman–Crippen LogP) is 5.46. The number of hydrogen-bond donors (Lipinski definition) is 3. The second-order valence-electron chi connectivity index (χ2n) is 8.07. The van der Waals surface area contributed by atoms with Crippen LogP contribution in [0.3, 0.4) is 0 Å². The van der Waals surface area contributed by atoms with Gasteiger partial charge in [0.05, 0.1) is 0 Å². The molecule has 0 saturated carbocycles. The highest BCUT2D eigenvalue weighted by molar-refractivity contribution is 9.10. The third kappa shape index (κ3) is 4.12. The molecule has 1 aliphatic carbocycles. The van der Waals surface area contributed by atoms with E-state index >= 15 is 0 Å². The minimum Gasteiger partial charge on any atom is -0.480 e. The van der Waals surface area contributed by atoms with E-state index in [0.717, 1.165) is 43.2 Å². The quantitative estimate of drug-likeness (QED) is 0.324. The van der Waals surface area contributed by atoms with E-state index in [1.807, 2.05) is 54.6 Å². The minimum absolute atomic E-state index is 0.0847. The van der Waals surface area contributed by atoms with Crippen LogP contribution in [0, 0.1) is 0 Å². The number of aromatic amines is 1. The van der Waals surface area contributed by atoms with Crippen LogP contribution in [0.15, 0.2) is 77.4 Å². The smallest absolute Gasteiger partial charge is 0.407 e. The van der Waals surface area contributed by atoms with E-state index in [2.05, 4.69) is 38.4 Å². The fourth-order valence-corrected chi connectivity index (χ4v) is 4.89. The number of hydrogen-bond acceptors (Lipinski definition) is 3. The first-order valence-electron chi connectivity index (χ1n) is 10.6. The number of carbonyl (C=O) groups is 2. The fraction of sp³-hybridized carbons (Fsp3) is 0.154. The molecule has 0 spiro atoms. The Morgan fingerprint density at radius 3 is 2.36 bits per heavy atom. The number of H-pyrrole nitrogens is 1. The molecule has 33 heavy (non-hydrogen) atoms. The van der Waals surface area contributed by atoms with Crippen LogP contribution in [0.4, 0.5) is 4.79 Å². The fourth-order valence-electron chi connectivity index (χ4n) is 4.53. The Bertz CT molecular complexity index is 1320. The van der Waals surface area contributed by atoms with Crippen molar-refractivity contribution >= 4 is 38.9 Å². The molecule has 6 nitrogen and oxygen atoms in total. The number of ether oxygens (including phenoxy) is 1. The molecule has 5 rings (SSSR count). The predicted molar refractivity (Wildman–Crippen MR) is 129 cm³/mol. The Hall–Kier alpha value is -3.58. The summed E-state index contributed by atoms with van der Waals surface area (Å²) >= 11 is 3.43. The van der Waals surface area contributed by atoms with Crippen molar-refractivity contribution in [3.05, 3.63) is 94.1 Å². The van der Waals surface area contributed by atoms with Crippen LogP contribution < -0.4 is 5.32 Å². The Morgan fingerprint density at radius 2 is 1.70 bits per heavy atom. The molecule has 4 aromatic rings. The van der Waals surface area contributed by atoms with Crippen molar-refractivity contribution in [1.82, 2.24) is 10.3 Å². The molecule has 0 aliphatic heterocycles. The molecule has 1 aromatic heterocycles. The van der Waals surface area contributed by atoms with Crippen molar-refractivity contribution in [2.24, 2.45) is 0 Å². The van der Waals surface area contributed by atoms with E-state index in [4.69, 9.17) is 4.74 Å². The number of aliphatic carboxylic acids is 1. The summed E-state index contributed by atoms with van der Waals surface area (Å²) in [4.78, 5) is 27.6. The Morgan fingerprint density at radius 1 is 1.03 bits per heavy atom. The summed E-state index contributed by atoms with van der Waals surface area (Å²) in [6, 6.07) is 20.8. The van der Waals surface area contributed by atoms with Crippen molar-refractivity contribution in [2.45, 2.75) is 18.4 Å². The number of nitrogens with one attached hydrogen (secondary N) is 2. The molecule has 1 heterocycles. The summed E-state index contributed by atoms with van der Waals surface area (Å²) in [5.41, 5.74) is 6.18. The molecule has 0 fully saturated rings. The van der Waals surface area contributed by atoms with Gasteiger partial charge < -0.3 is 20.1 Å². The molecule has 7 heteroatoms. The molecule has 1 amide bonds. The van der Waals surface area contributed by atoms with Gasteiger partial charge in [0.25, 0.3) is 0 Å². The van der Waals surface area contributed by atoms with Gasteiger partial charge in [0.2, 0.25) is 0 Å². The average Bonchev–Trinajstić information content (AvgIpc) is 3.35. The topological polar surface area (TPSA) is 91.4 Å². The highest BCUT2D eigenvalue weighted by atomic mass is 79.9. The highest BCUT2D eigenvalue weighted by Crippen LogP contribution is 2.44. The summed E-state index contributed by atoms with van der Waals surface area (Å²) in [6.45, 7) is 0.132. The Kier molecular flexibility index (Phi) is 5.64. The first kappa shape index (κ1) is 21.3. The van der Waals surface area contributed by atoms with E-state index in [0.29, 0.717) is 0 Å². The van der Waals surface area contributed by atoms with Crippen molar-refractivity contribution in [3.63, 3.8) is 0 Å². The largest absolute Gasteiger partial charge is 0.480 e. The molecular formula is C26H21BrN2O4. The molecule has 0 bridgehead atoms. The van der Waals surface area contributed by atoms with Crippen molar-refractivity contribution in [1.29, 1.82) is 0 Å². The Balaban J connectivity index is 1.28. The van der Waals surface area contributed by atoms with Crippen LogP contribution in [-0.2, 0) is 16.0 Å². The van der Waals surface area contributed by atoms with Crippen molar-refractivity contribution in [3.8, 4) is 11.1 Å². The standard InChI is InChI=1S/C26H21BrN2O4/c27-16-9-10-17-15(13-28-23(17)12-16)11-24(25(30)31)29-26(32)33-14-22-20-7-3-1-5-18(20)19-6-2-4-8-21(19)22/h1-10,12-13,22,24,28H,11,14H2,(H,29,32)(H,30,31)/t24-/m1/s1. The SMILES string of the molecule is O=C(N[C@H](Cc1c[nH]c2cc(Br)ccc12)C(=O)O)OCC1c2ccccc2-c2ccccc21. The summed E-state index contributed by atoms with van der Waals surface area (Å²) in [5.74, 6) is -1.20. The lowest BCUT2D eigenvalue weighted by Crippen LogP contribution is -2.42. The van der Waals surface area contributed by atoms with Crippen LogP contribution in [-0.4, -0.2) is 34.8 Å². The number of rotatable bonds is 6. The van der Waals surface area contributed by atoms with E-state index in [9.17, 15) is 14.7 Å². The number of aromatic nitrogens is 1. The monoisotopic (exact) mass is 504 g/mol. The summed E-state index contributed by atoms with van der Waals surface area (Å²) < 4.78 is 6.44. The van der Waals surface area contributed by atoms with E-state index in [-0.39, 0.29) is 18.9 Å². The lowest BCUT2D eigenvalue weighted by molar-refractivity contribution is -0.139. The van der Waals surface area contributed by atoms with Gasteiger partial charge in [-0.3, -0.25) is 0 Å². The second kappa shape index (κ2) is 8.75. The molecule has 0 radical (unpaired) electrons. The normalized spacial score (nSPS) is 13.4. The first-order valence-corrected chi connectivity index (χ1v) is 11.4. The van der Waals surface area contributed by atoms with Crippen LogP contribution in [0.1, 0.15) is 22.6 Å². The Labute approximate surface area is 198 Å². The summed E-state index contributed by atoms with van der Waals surface area (Å²) in [5, 5.41) is 13.1. The number of fused-ring (bicyclic) bond motifs is 4. The summed E-state index contributed by atoms with van der Waals surface area (Å²) in [6.07, 6.45) is 1.17. The lowest BCUT2D eigenvalue weighted by Gasteiger charge is -2.17. The molecule has 0 saturated heterocycles. The third-order valence-corrected chi connectivity index (χ3v) is 6.58. The van der Waals surface area contributed by atoms with E-state index in [1.165, 1.54) is 0 Å². The number of carbonyl (C=O) groups excluding carboxylic acids is 1.